The van der Waals surface area contributed by atoms with E-state index in [9.17, 15) is 0 Å². The van der Waals surface area contributed by atoms with Crippen LogP contribution >= 0.6 is 0 Å². The number of hydrazine groups is 1. The Hall–Kier alpha value is -0.200. The Bertz CT molecular complexity index is 245. The molecule has 100 valence electrons. The molecule has 5 heteroatoms. The molecular formula is C12H26N4O. The SMILES string of the molecule is CC1CC(CN)(NN2CCOCC2)CCN1C. The van der Waals surface area contributed by atoms with Crippen LogP contribution in [0, 0.1) is 0 Å². The minimum Gasteiger partial charge on any atom is -0.379 e. The topological polar surface area (TPSA) is 53.8 Å². The summed E-state index contributed by atoms with van der Waals surface area (Å²) in [4.78, 5) is 2.41. The minimum atomic E-state index is 0.0866. The van der Waals surface area contributed by atoms with E-state index in [-0.39, 0.29) is 5.54 Å². The number of hydrogen-bond acceptors (Lipinski definition) is 5. The summed E-state index contributed by atoms with van der Waals surface area (Å²) in [5.74, 6) is 0. The molecule has 0 aliphatic carbocycles. The van der Waals surface area contributed by atoms with Gasteiger partial charge in [-0.25, -0.2) is 10.4 Å². The van der Waals surface area contributed by atoms with Crippen LogP contribution in [-0.2, 0) is 4.74 Å². The number of rotatable bonds is 3. The molecule has 2 saturated heterocycles. The second-order valence-electron chi connectivity index (χ2n) is 5.48. The maximum atomic E-state index is 6.02. The lowest BCUT2D eigenvalue weighted by atomic mass is 9.84. The molecule has 2 aliphatic heterocycles. The fraction of sp³-hybridized carbons (Fsp3) is 1.00. The molecule has 2 unspecified atom stereocenters. The lowest BCUT2D eigenvalue weighted by Gasteiger charge is -2.47. The molecule has 2 rings (SSSR count). The predicted octanol–water partition coefficient (Wildman–Crippen LogP) is -0.365. The molecule has 0 aromatic rings. The minimum absolute atomic E-state index is 0.0866. The Morgan fingerprint density at radius 2 is 2.06 bits per heavy atom. The summed E-state index contributed by atoms with van der Waals surface area (Å²) in [6, 6.07) is 0.598. The van der Waals surface area contributed by atoms with E-state index in [0.717, 1.165) is 45.7 Å². The standard InChI is InChI=1S/C12H26N4O/c1-11-9-12(10-13,3-4-15(11)2)14-16-5-7-17-8-6-16/h11,14H,3-10,13H2,1-2H3. The molecule has 5 nitrogen and oxygen atoms in total. The van der Waals surface area contributed by atoms with Crippen LogP contribution < -0.4 is 11.2 Å². The summed E-state index contributed by atoms with van der Waals surface area (Å²) in [5, 5.41) is 2.29. The normalized spacial score (nSPS) is 37.2. The fourth-order valence-corrected chi connectivity index (χ4v) is 2.78. The Balaban J connectivity index is 1.94. The number of morpholine rings is 1. The van der Waals surface area contributed by atoms with Gasteiger partial charge in [-0.2, -0.15) is 0 Å². The predicted molar refractivity (Wildman–Crippen MR) is 68.6 cm³/mol. The second kappa shape index (κ2) is 5.63. The van der Waals surface area contributed by atoms with Gasteiger partial charge < -0.3 is 15.4 Å². The summed E-state index contributed by atoms with van der Waals surface area (Å²) in [6.07, 6.45) is 2.25. The van der Waals surface area contributed by atoms with Crippen molar-refractivity contribution in [2.45, 2.75) is 31.3 Å². The van der Waals surface area contributed by atoms with E-state index in [2.05, 4.69) is 29.3 Å². The summed E-state index contributed by atoms with van der Waals surface area (Å²) in [5.41, 5.74) is 9.78. The van der Waals surface area contributed by atoms with Crippen molar-refractivity contribution in [1.29, 1.82) is 0 Å². The summed E-state index contributed by atoms with van der Waals surface area (Å²) >= 11 is 0. The third-order valence-corrected chi connectivity index (χ3v) is 4.18. The smallest absolute Gasteiger partial charge is 0.0608 e. The Morgan fingerprint density at radius 1 is 1.35 bits per heavy atom. The first-order valence-electron chi connectivity index (χ1n) is 6.66. The Labute approximate surface area is 104 Å². The van der Waals surface area contributed by atoms with Crippen LogP contribution in [0.1, 0.15) is 19.8 Å². The molecule has 2 aliphatic rings. The van der Waals surface area contributed by atoms with Crippen molar-refractivity contribution in [3.8, 4) is 0 Å². The van der Waals surface area contributed by atoms with E-state index >= 15 is 0 Å². The van der Waals surface area contributed by atoms with Crippen molar-refractivity contribution in [1.82, 2.24) is 15.3 Å². The summed E-state index contributed by atoms with van der Waals surface area (Å²) in [7, 11) is 2.19. The van der Waals surface area contributed by atoms with Crippen LogP contribution in [0.2, 0.25) is 0 Å². The monoisotopic (exact) mass is 242 g/mol. The van der Waals surface area contributed by atoms with E-state index in [1.165, 1.54) is 0 Å². The molecule has 0 aromatic heterocycles. The van der Waals surface area contributed by atoms with E-state index in [1.54, 1.807) is 0 Å². The van der Waals surface area contributed by atoms with Gasteiger partial charge in [0.15, 0.2) is 0 Å². The average molecular weight is 242 g/mol. The van der Waals surface area contributed by atoms with Gasteiger partial charge in [0.25, 0.3) is 0 Å². The van der Waals surface area contributed by atoms with Crippen molar-refractivity contribution in [3.05, 3.63) is 0 Å². The van der Waals surface area contributed by atoms with Crippen molar-refractivity contribution in [3.63, 3.8) is 0 Å². The fourth-order valence-electron chi connectivity index (χ4n) is 2.78. The molecule has 0 spiro atoms. The molecule has 2 atom stereocenters. The molecule has 2 heterocycles. The van der Waals surface area contributed by atoms with Crippen LogP contribution in [0.15, 0.2) is 0 Å². The van der Waals surface area contributed by atoms with Gasteiger partial charge in [0.2, 0.25) is 0 Å². The van der Waals surface area contributed by atoms with Crippen molar-refractivity contribution in [2.24, 2.45) is 5.73 Å². The highest BCUT2D eigenvalue weighted by molar-refractivity contribution is 4.96. The van der Waals surface area contributed by atoms with Gasteiger partial charge in [-0.1, -0.05) is 0 Å². The molecule has 0 radical (unpaired) electrons. The number of hydrogen-bond donors (Lipinski definition) is 2. The van der Waals surface area contributed by atoms with E-state index in [4.69, 9.17) is 10.5 Å². The summed E-state index contributed by atoms with van der Waals surface area (Å²) < 4.78 is 5.37. The molecule has 17 heavy (non-hydrogen) atoms. The average Bonchev–Trinajstić information content (AvgIpc) is 2.35. The third-order valence-electron chi connectivity index (χ3n) is 4.18. The molecule has 0 aromatic carbocycles. The molecule has 0 saturated carbocycles. The molecule has 0 bridgehead atoms. The van der Waals surface area contributed by atoms with Crippen LogP contribution in [-0.4, -0.2) is 67.9 Å². The lowest BCUT2D eigenvalue weighted by Crippen LogP contribution is -2.65. The molecule has 0 amide bonds. The first-order valence-corrected chi connectivity index (χ1v) is 6.66. The highest BCUT2D eigenvalue weighted by Crippen LogP contribution is 2.25. The van der Waals surface area contributed by atoms with Gasteiger partial charge in [-0.05, 0) is 33.4 Å². The van der Waals surface area contributed by atoms with Crippen molar-refractivity contribution < 1.29 is 4.74 Å². The number of nitrogens with one attached hydrogen (secondary N) is 1. The lowest BCUT2D eigenvalue weighted by molar-refractivity contribution is -0.0288. The zero-order valence-electron chi connectivity index (χ0n) is 11.1. The number of likely N-dealkylation sites (tertiary alicyclic amines) is 1. The van der Waals surface area contributed by atoms with Gasteiger partial charge in [0.05, 0.1) is 13.2 Å². The second-order valence-corrected chi connectivity index (χ2v) is 5.48. The largest absolute Gasteiger partial charge is 0.379 e. The van der Waals surface area contributed by atoms with E-state index in [0.29, 0.717) is 12.6 Å². The molecule has 3 N–H and O–H groups in total. The van der Waals surface area contributed by atoms with Gasteiger partial charge in [0.1, 0.15) is 0 Å². The van der Waals surface area contributed by atoms with Crippen LogP contribution in [0.4, 0.5) is 0 Å². The maximum Gasteiger partial charge on any atom is 0.0608 e. The van der Waals surface area contributed by atoms with E-state index < -0.39 is 0 Å². The highest BCUT2D eigenvalue weighted by Gasteiger charge is 2.37. The zero-order valence-corrected chi connectivity index (χ0v) is 11.1. The van der Waals surface area contributed by atoms with Gasteiger partial charge in [-0.3, -0.25) is 0 Å². The van der Waals surface area contributed by atoms with Crippen molar-refractivity contribution in [2.75, 3.05) is 46.4 Å². The van der Waals surface area contributed by atoms with Crippen LogP contribution in [0.5, 0.6) is 0 Å². The maximum absolute atomic E-state index is 6.02. The Kier molecular flexibility index (Phi) is 4.38. The van der Waals surface area contributed by atoms with Gasteiger partial charge in [-0.15, -0.1) is 0 Å². The van der Waals surface area contributed by atoms with Crippen molar-refractivity contribution >= 4 is 0 Å². The highest BCUT2D eigenvalue weighted by atomic mass is 16.5. The molecule has 2 fully saturated rings. The third kappa shape index (κ3) is 3.17. The van der Waals surface area contributed by atoms with Crippen LogP contribution in [0.25, 0.3) is 0 Å². The number of ether oxygens (including phenoxy) is 1. The first kappa shape index (κ1) is 13.2. The van der Waals surface area contributed by atoms with Gasteiger partial charge in [0, 0.05) is 31.2 Å². The number of nitrogens with zero attached hydrogens (tertiary/aromatic N) is 2. The molecular weight excluding hydrogens is 216 g/mol. The van der Waals surface area contributed by atoms with Crippen LogP contribution in [0.3, 0.4) is 0 Å². The Morgan fingerprint density at radius 3 is 2.65 bits per heavy atom. The quantitative estimate of drug-likeness (QED) is 0.707. The number of nitrogens with two attached hydrogens (primary N) is 1. The summed E-state index contributed by atoms with van der Waals surface area (Å²) in [6.45, 7) is 7.69. The van der Waals surface area contributed by atoms with Gasteiger partial charge >= 0.3 is 0 Å². The zero-order chi connectivity index (χ0) is 12.3. The first-order chi connectivity index (χ1) is 8.15. The number of piperidine rings is 1. The van der Waals surface area contributed by atoms with E-state index in [1.807, 2.05) is 0 Å².